The summed E-state index contributed by atoms with van der Waals surface area (Å²) in [4.78, 5) is 1.09. The van der Waals surface area contributed by atoms with E-state index in [9.17, 15) is 0 Å². The molecule has 0 atom stereocenters. The number of thiocarbonyl (C=S) groups is 1. The van der Waals surface area contributed by atoms with E-state index >= 15 is 0 Å². The van der Waals surface area contributed by atoms with Gasteiger partial charge in [0.2, 0.25) is 0 Å². The van der Waals surface area contributed by atoms with Crippen LogP contribution < -0.4 is 10.7 Å². The average molecular weight is 330 g/mol. The lowest BCUT2D eigenvalue weighted by molar-refractivity contribution is 0.412. The van der Waals surface area contributed by atoms with Gasteiger partial charge in [0.1, 0.15) is 0 Å². The Morgan fingerprint density at radius 2 is 2.15 bits per heavy atom. The number of thiophene rings is 1. The van der Waals surface area contributed by atoms with E-state index in [2.05, 4.69) is 22.8 Å². The van der Waals surface area contributed by atoms with Gasteiger partial charge in [0.25, 0.3) is 0 Å². The third kappa shape index (κ3) is 4.72. The van der Waals surface area contributed by atoms with Crippen molar-refractivity contribution in [2.75, 3.05) is 0 Å². The molecule has 20 heavy (non-hydrogen) atoms. The van der Waals surface area contributed by atoms with E-state index in [4.69, 9.17) is 23.8 Å². The Bertz CT molecular complexity index is 479. The quantitative estimate of drug-likeness (QED) is 0.491. The summed E-state index contributed by atoms with van der Waals surface area (Å²) in [6.45, 7) is 2.08. The summed E-state index contributed by atoms with van der Waals surface area (Å²) in [5.41, 5.74) is 3.94. The second-order valence-electron chi connectivity index (χ2n) is 4.94. The van der Waals surface area contributed by atoms with Crippen molar-refractivity contribution in [3.63, 3.8) is 0 Å². The molecular formula is C14H20ClN3S2. The normalized spacial score (nSPS) is 17.0. The van der Waals surface area contributed by atoms with Crippen molar-refractivity contribution in [2.45, 2.75) is 51.5 Å². The Labute approximate surface area is 134 Å². The molecule has 2 rings (SSSR count). The zero-order valence-corrected chi connectivity index (χ0v) is 14.0. The molecule has 2 N–H and O–H groups in total. The Morgan fingerprint density at radius 1 is 1.40 bits per heavy atom. The standard InChI is InChI=1S/C14H20ClN3S2/c1-2-11(12-8-9-13(15)20-12)17-18-14(19)16-10-6-4-3-5-7-10/h8-10H,2-7H2,1H3,(H2,16,18,19)/b17-11+. The van der Waals surface area contributed by atoms with Gasteiger partial charge in [0, 0.05) is 6.04 Å². The fourth-order valence-corrected chi connectivity index (χ4v) is 3.68. The zero-order valence-electron chi connectivity index (χ0n) is 11.6. The van der Waals surface area contributed by atoms with Crippen LogP contribution in [0, 0.1) is 0 Å². The zero-order chi connectivity index (χ0) is 14.4. The number of halogens is 1. The second-order valence-corrected chi connectivity index (χ2v) is 7.06. The predicted molar refractivity (Wildman–Crippen MR) is 91.9 cm³/mol. The van der Waals surface area contributed by atoms with E-state index in [-0.39, 0.29) is 0 Å². The minimum Gasteiger partial charge on any atom is -0.359 e. The summed E-state index contributed by atoms with van der Waals surface area (Å²) in [5, 5.41) is 8.37. The fourth-order valence-electron chi connectivity index (χ4n) is 2.36. The molecule has 1 aromatic heterocycles. The highest BCUT2D eigenvalue weighted by atomic mass is 35.5. The molecule has 0 amide bonds. The first kappa shape index (κ1) is 15.7. The molecule has 110 valence electrons. The van der Waals surface area contributed by atoms with Crippen LogP contribution in [-0.2, 0) is 0 Å². The Kier molecular flexibility index (Phi) is 6.26. The van der Waals surface area contributed by atoms with Crippen LogP contribution in [0.1, 0.15) is 50.3 Å². The van der Waals surface area contributed by atoms with Crippen LogP contribution in [0.3, 0.4) is 0 Å². The van der Waals surface area contributed by atoms with Crippen molar-refractivity contribution in [1.29, 1.82) is 0 Å². The number of nitrogens with one attached hydrogen (secondary N) is 2. The Balaban J connectivity index is 1.87. The molecule has 0 aromatic carbocycles. The van der Waals surface area contributed by atoms with E-state index in [1.54, 1.807) is 0 Å². The van der Waals surface area contributed by atoms with E-state index in [0.29, 0.717) is 11.2 Å². The van der Waals surface area contributed by atoms with Gasteiger partial charge < -0.3 is 5.32 Å². The first-order valence-corrected chi connectivity index (χ1v) is 8.68. The molecular weight excluding hydrogens is 310 g/mol. The van der Waals surface area contributed by atoms with Crippen LogP contribution >= 0.6 is 35.2 Å². The molecule has 0 spiro atoms. The van der Waals surface area contributed by atoms with Gasteiger partial charge in [-0.2, -0.15) is 5.10 Å². The van der Waals surface area contributed by atoms with Gasteiger partial charge in [-0.15, -0.1) is 11.3 Å². The number of hydrazone groups is 1. The lowest BCUT2D eigenvalue weighted by atomic mass is 9.96. The lowest BCUT2D eigenvalue weighted by Gasteiger charge is -2.23. The Hall–Kier alpha value is -0.650. The first-order valence-electron chi connectivity index (χ1n) is 7.08. The van der Waals surface area contributed by atoms with Gasteiger partial charge in [0.05, 0.1) is 14.9 Å². The van der Waals surface area contributed by atoms with Crippen LogP contribution in [0.4, 0.5) is 0 Å². The predicted octanol–water partition coefficient (Wildman–Crippen LogP) is 4.31. The van der Waals surface area contributed by atoms with E-state index in [1.807, 2.05) is 12.1 Å². The van der Waals surface area contributed by atoms with Crippen molar-refractivity contribution in [3.05, 3.63) is 21.3 Å². The van der Waals surface area contributed by atoms with E-state index in [0.717, 1.165) is 21.3 Å². The van der Waals surface area contributed by atoms with Crippen molar-refractivity contribution in [1.82, 2.24) is 10.7 Å². The minimum absolute atomic E-state index is 0.500. The SMILES string of the molecule is CC/C(=N\NC(=S)NC1CCCCC1)c1ccc(Cl)s1. The molecule has 1 aromatic rings. The molecule has 1 aliphatic carbocycles. The second kappa shape index (κ2) is 7.96. The summed E-state index contributed by atoms with van der Waals surface area (Å²) < 4.78 is 0.782. The summed E-state index contributed by atoms with van der Waals surface area (Å²) in [6, 6.07) is 4.39. The van der Waals surface area contributed by atoms with Crippen molar-refractivity contribution in [3.8, 4) is 0 Å². The van der Waals surface area contributed by atoms with Gasteiger partial charge in [-0.1, -0.05) is 37.8 Å². The van der Waals surface area contributed by atoms with Crippen LogP contribution in [0.15, 0.2) is 17.2 Å². The number of rotatable bonds is 4. The Morgan fingerprint density at radius 3 is 2.75 bits per heavy atom. The van der Waals surface area contributed by atoms with Crippen molar-refractivity contribution < 1.29 is 0 Å². The van der Waals surface area contributed by atoms with Crippen LogP contribution in [-0.4, -0.2) is 16.9 Å². The molecule has 1 aliphatic rings. The van der Waals surface area contributed by atoms with E-state index < -0.39 is 0 Å². The first-order chi connectivity index (χ1) is 9.69. The molecule has 3 nitrogen and oxygen atoms in total. The van der Waals surface area contributed by atoms with Gasteiger partial charge >= 0.3 is 0 Å². The largest absolute Gasteiger partial charge is 0.359 e. The highest BCUT2D eigenvalue weighted by Gasteiger charge is 2.13. The summed E-state index contributed by atoms with van der Waals surface area (Å²) in [5.74, 6) is 0. The summed E-state index contributed by atoms with van der Waals surface area (Å²) in [6.07, 6.45) is 7.17. The van der Waals surface area contributed by atoms with Crippen LogP contribution in [0.2, 0.25) is 4.34 Å². The van der Waals surface area contributed by atoms with Crippen molar-refractivity contribution in [2.24, 2.45) is 5.10 Å². The number of hydrogen-bond donors (Lipinski definition) is 2. The van der Waals surface area contributed by atoms with Crippen molar-refractivity contribution >= 4 is 46.0 Å². The molecule has 0 bridgehead atoms. The molecule has 0 unspecified atom stereocenters. The van der Waals surface area contributed by atoms with Gasteiger partial charge in [-0.3, -0.25) is 5.43 Å². The van der Waals surface area contributed by atoms with E-state index in [1.165, 1.54) is 43.4 Å². The number of nitrogens with zero attached hydrogens (tertiary/aromatic N) is 1. The molecule has 0 radical (unpaired) electrons. The monoisotopic (exact) mass is 329 g/mol. The highest BCUT2D eigenvalue weighted by Crippen LogP contribution is 2.22. The topological polar surface area (TPSA) is 36.4 Å². The maximum absolute atomic E-state index is 5.96. The molecule has 0 saturated heterocycles. The maximum atomic E-state index is 5.96. The summed E-state index contributed by atoms with van der Waals surface area (Å²) >= 11 is 12.8. The molecule has 1 saturated carbocycles. The van der Waals surface area contributed by atoms with Crippen LogP contribution in [0.5, 0.6) is 0 Å². The molecule has 1 heterocycles. The van der Waals surface area contributed by atoms with Gasteiger partial charge in [0.15, 0.2) is 5.11 Å². The maximum Gasteiger partial charge on any atom is 0.187 e. The lowest BCUT2D eigenvalue weighted by Crippen LogP contribution is -2.41. The molecule has 6 heteroatoms. The minimum atomic E-state index is 0.500. The highest BCUT2D eigenvalue weighted by molar-refractivity contribution is 7.80. The fraction of sp³-hybridized carbons (Fsp3) is 0.571. The smallest absolute Gasteiger partial charge is 0.187 e. The number of hydrogen-bond acceptors (Lipinski definition) is 3. The third-order valence-corrected chi connectivity index (χ3v) is 4.91. The van der Waals surface area contributed by atoms with Crippen LogP contribution in [0.25, 0.3) is 0 Å². The molecule has 1 fully saturated rings. The third-order valence-electron chi connectivity index (χ3n) is 3.43. The van der Waals surface area contributed by atoms with Gasteiger partial charge in [-0.05, 0) is 43.6 Å². The summed E-state index contributed by atoms with van der Waals surface area (Å²) in [7, 11) is 0. The van der Waals surface area contributed by atoms with Gasteiger partial charge in [-0.25, -0.2) is 0 Å². The average Bonchev–Trinajstić information content (AvgIpc) is 2.87. The molecule has 0 aliphatic heterocycles.